The highest BCUT2D eigenvalue weighted by molar-refractivity contribution is 8.00. The Labute approximate surface area is 321 Å². The standard InChI is InChI=1S/C42H36N4O6S2/c1-50-32-19-15-28(16-20-32)35-26-53-42(45-35)46-41(49)38(29-10-6-4-7-11-29)54-33-21-17-31(18-22-33)43-40(48)34(44-39(47)30-12-8-5-9-13-30)24-27-14-23-36(51-2)37(25-27)52-3/h4-26,38H,1-3H3,(H,43,48)(H,44,47)(H,45,46,49)/b34-24-. The average Bonchev–Trinajstić information content (AvgIpc) is 3.69. The van der Waals surface area contributed by atoms with Crippen LogP contribution in [0.2, 0.25) is 0 Å². The predicted octanol–water partition coefficient (Wildman–Crippen LogP) is 8.72. The van der Waals surface area contributed by atoms with E-state index in [-0.39, 0.29) is 11.6 Å². The van der Waals surface area contributed by atoms with Crippen LogP contribution in [0, 0.1) is 0 Å². The third-order valence-electron chi connectivity index (χ3n) is 8.07. The normalized spacial score (nSPS) is 11.6. The van der Waals surface area contributed by atoms with E-state index in [1.54, 1.807) is 73.8 Å². The Kier molecular flexibility index (Phi) is 12.4. The lowest BCUT2D eigenvalue weighted by atomic mass is 10.1. The predicted molar refractivity (Wildman–Crippen MR) is 214 cm³/mol. The fourth-order valence-electron chi connectivity index (χ4n) is 5.30. The Morgan fingerprint density at radius 2 is 1.43 bits per heavy atom. The van der Waals surface area contributed by atoms with Gasteiger partial charge in [-0.05, 0) is 90.0 Å². The van der Waals surface area contributed by atoms with Crippen molar-refractivity contribution in [3.8, 4) is 28.5 Å². The summed E-state index contributed by atoms with van der Waals surface area (Å²) in [4.78, 5) is 46.0. The molecule has 1 atom stereocenters. The molecule has 0 fully saturated rings. The summed E-state index contributed by atoms with van der Waals surface area (Å²) in [6.07, 6.45) is 1.56. The van der Waals surface area contributed by atoms with Crippen LogP contribution in [-0.2, 0) is 9.59 Å². The van der Waals surface area contributed by atoms with E-state index in [1.807, 2.05) is 72.1 Å². The highest BCUT2D eigenvalue weighted by atomic mass is 32.2. The monoisotopic (exact) mass is 756 g/mol. The second-order valence-corrected chi connectivity index (χ2v) is 13.7. The maximum Gasteiger partial charge on any atom is 0.272 e. The third-order valence-corrected chi connectivity index (χ3v) is 10.1. The van der Waals surface area contributed by atoms with E-state index >= 15 is 0 Å². The van der Waals surface area contributed by atoms with Crippen molar-refractivity contribution < 1.29 is 28.6 Å². The van der Waals surface area contributed by atoms with Gasteiger partial charge in [0.05, 0.1) is 27.0 Å². The summed E-state index contributed by atoms with van der Waals surface area (Å²) in [5.74, 6) is 0.554. The van der Waals surface area contributed by atoms with E-state index in [0.717, 1.165) is 27.5 Å². The highest BCUT2D eigenvalue weighted by Crippen LogP contribution is 2.37. The number of rotatable bonds is 14. The molecule has 10 nitrogen and oxygen atoms in total. The second-order valence-electron chi connectivity index (χ2n) is 11.6. The molecule has 5 aromatic carbocycles. The van der Waals surface area contributed by atoms with Gasteiger partial charge in [0.25, 0.3) is 11.8 Å². The Morgan fingerprint density at radius 3 is 2.09 bits per heavy atom. The minimum atomic E-state index is -0.593. The number of carbonyl (C=O) groups is 3. The molecule has 12 heteroatoms. The lowest BCUT2D eigenvalue weighted by Crippen LogP contribution is -2.30. The van der Waals surface area contributed by atoms with Crippen LogP contribution in [0.3, 0.4) is 0 Å². The number of anilines is 2. The minimum Gasteiger partial charge on any atom is -0.497 e. The van der Waals surface area contributed by atoms with Gasteiger partial charge >= 0.3 is 0 Å². The number of thioether (sulfide) groups is 1. The summed E-state index contributed by atoms with van der Waals surface area (Å²) >= 11 is 2.72. The molecule has 0 aliphatic carbocycles. The van der Waals surface area contributed by atoms with Gasteiger partial charge in [-0.3, -0.25) is 14.4 Å². The number of amides is 3. The molecular formula is C42H36N4O6S2. The molecule has 0 aliphatic heterocycles. The zero-order valence-corrected chi connectivity index (χ0v) is 31.2. The van der Waals surface area contributed by atoms with E-state index in [4.69, 9.17) is 14.2 Å². The Bertz CT molecular complexity index is 2240. The number of ether oxygens (including phenoxy) is 3. The number of nitrogens with one attached hydrogen (secondary N) is 3. The Morgan fingerprint density at radius 1 is 0.741 bits per heavy atom. The first-order chi connectivity index (χ1) is 26.3. The quantitative estimate of drug-likeness (QED) is 0.0744. The number of nitrogens with zero attached hydrogens (tertiary/aromatic N) is 1. The molecule has 0 saturated carbocycles. The van der Waals surface area contributed by atoms with Crippen LogP contribution in [-0.4, -0.2) is 44.0 Å². The van der Waals surface area contributed by atoms with Crippen LogP contribution in [0.5, 0.6) is 17.2 Å². The van der Waals surface area contributed by atoms with E-state index < -0.39 is 17.1 Å². The molecule has 0 bridgehead atoms. The molecule has 1 heterocycles. The summed E-state index contributed by atoms with van der Waals surface area (Å²) in [7, 11) is 4.68. The molecule has 3 amide bonds. The first kappa shape index (κ1) is 37.4. The Hall–Kier alpha value is -6.37. The first-order valence-corrected chi connectivity index (χ1v) is 18.4. The second kappa shape index (κ2) is 17.9. The molecule has 1 aromatic heterocycles. The van der Waals surface area contributed by atoms with Crippen LogP contribution in [0.25, 0.3) is 17.3 Å². The molecule has 0 saturated heterocycles. The van der Waals surface area contributed by atoms with Crippen molar-refractivity contribution >= 4 is 57.7 Å². The van der Waals surface area contributed by atoms with Crippen molar-refractivity contribution in [1.82, 2.24) is 10.3 Å². The van der Waals surface area contributed by atoms with Crippen LogP contribution >= 0.6 is 23.1 Å². The Balaban J connectivity index is 1.18. The minimum absolute atomic E-state index is 0.0210. The van der Waals surface area contributed by atoms with E-state index in [9.17, 15) is 14.4 Å². The molecule has 3 N–H and O–H groups in total. The van der Waals surface area contributed by atoms with Crippen LogP contribution < -0.4 is 30.2 Å². The molecule has 54 heavy (non-hydrogen) atoms. The fraction of sp³-hybridized carbons (Fsp3) is 0.0952. The SMILES string of the molecule is COc1ccc(-c2csc(NC(=O)C(Sc3ccc(NC(=O)/C(=C/c4ccc(OC)c(OC)c4)NC(=O)c4ccccc4)cc3)c3ccccc3)n2)cc1. The van der Waals surface area contributed by atoms with Crippen molar-refractivity contribution in [2.75, 3.05) is 32.0 Å². The van der Waals surface area contributed by atoms with Gasteiger partial charge < -0.3 is 30.2 Å². The number of hydrogen-bond acceptors (Lipinski definition) is 9. The van der Waals surface area contributed by atoms with Gasteiger partial charge in [0.2, 0.25) is 5.91 Å². The summed E-state index contributed by atoms with van der Waals surface area (Å²) in [6.45, 7) is 0. The fourth-order valence-corrected chi connectivity index (χ4v) is 7.05. The smallest absolute Gasteiger partial charge is 0.272 e. The van der Waals surface area contributed by atoms with Gasteiger partial charge in [-0.1, -0.05) is 54.6 Å². The summed E-state index contributed by atoms with van der Waals surface area (Å²) < 4.78 is 16.0. The number of methoxy groups -OCH3 is 3. The molecule has 0 radical (unpaired) electrons. The van der Waals surface area contributed by atoms with Crippen molar-refractivity contribution in [1.29, 1.82) is 0 Å². The highest BCUT2D eigenvalue weighted by Gasteiger charge is 2.24. The average molecular weight is 757 g/mol. The van der Waals surface area contributed by atoms with Crippen LogP contribution in [0.1, 0.15) is 26.7 Å². The van der Waals surface area contributed by atoms with E-state index in [0.29, 0.717) is 33.4 Å². The number of thiazole rings is 1. The number of hydrogen-bond donors (Lipinski definition) is 3. The van der Waals surface area contributed by atoms with Crippen molar-refractivity contribution in [2.45, 2.75) is 10.1 Å². The topological polar surface area (TPSA) is 128 Å². The van der Waals surface area contributed by atoms with Crippen molar-refractivity contribution in [3.63, 3.8) is 0 Å². The van der Waals surface area contributed by atoms with Gasteiger partial charge in [0, 0.05) is 27.1 Å². The molecule has 0 aliphatic rings. The lowest BCUT2D eigenvalue weighted by molar-refractivity contribution is -0.116. The van der Waals surface area contributed by atoms with Crippen LogP contribution in [0.15, 0.2) is 143 Å². The van der Waals surface area contributed by atoms with Gasteiger partial charge in [-0.2, -0.15) is 0 Å². The molecule has 0 spiro atoms. The zero-order valence-electron chi connectivity index (χ0n) is 29.6. The summed E-state index contributed by atoms with van der Waals surface area (Å²) in [6, 6.07) is 38.0. The number of aromatic nitrogens is 1. The maximum atomic E-state index is 13.8. The van der Waals surface area contributed by atoms with Gasteiger partial charge in [0.15, 0.2) is 16.6 Å². The third kappa shape index (κ3) is 9.54. The van der Waals surface area contributed by atoms with Gasteiger partial charge in [0.1, 0.15) is 16.7 Å². The number of benzene rings is 5. The van der Waals surface area contributed by atoms with Gasteiger partial charge in [-0.15, -0.1) is 23.1 Å². The molecular weight excluding hydrogens is 721 g/mol. The zero-order chi connectivity index (χ0) is 37.9. The summed E-state index contributed by atoms with van der Waals surface area (Å²) in [5.41, 5.74) is 4.01. The largest absolute Gasteiger partial charge is 0.497 e. The van der Waals surface area contributed by atoms with E-state index in [2.05, 4.69) is 20.9 Å². The molecule has 6 rings (SSSR count). The lowest BCUT2D eigenvalue weighted by Gasteiger charge is -2.17. The summed E-state index contributed by atoms with van der Waals surface area (Å²) in [5, 5.41) is 10.4. The molecule has 272 valence electrons. The van der Waals surface area contributed by atoms with Crippen molar-refractivity contribution in [2.24, 2.45) is 0 Å². The van der Waals surface area contributed by atoms with E-state index in [1.165, 1.54) is 37.3 Å². The molecule has 6 aromatic rings. The molecule has 1 unspecified atom stereocenters. The van der Waals surface area contributed by atoms with Gasteiger partial charge in [-0.25, -0.2) is 4.98 Å². The maximum absolute atomic E-state index is 13.8. The van der Waals surface area contributed by atoms with Crippen molar-refractivity contribution in [3.05, 3.63) is 155 Å². The van der Waals surface area contributed by atoms with Crippen LogP contribution in [0.4, 0.5) is 10.8 Å². The number of carbonyl (C=O) groups excluding carboxylic acids is 3. The first-order valence-electron chi connectivity index (χ1n) is 16.7.